The zero-order valence-corrected chi connectivity index (χ0v) is 11.6. The average molecular weight is 276 g/mol. The lowest BCUT2D eigenvalue weighted by Crippen LogP contribution is -2.30. The van der Waals surface area contributed by atoms with Gasteiger partial charge < -0.3 is 20.5 Å². The third kappa shape index (κ3) is 3.37. The van der Waals surface area contributed by atoms with Crippen molar-refractivity contribution in [2.45, 2.75) is 12.5 Å². The summed E-state index contributed by atoms with van der Waals surface area (Å²) in [6.07, 6.45) is 3.90. The second-order valence-corrected chi connectivity index (χ2v) is 4.53. The van der Waals surface area contributed by atoms with Crippen LogP contribution in [0.25, 0.3) is 0 Å². The minimum absolute atomic E-state index is 0.174. The normalized spacial score (nSPS) is 14.9. The van der Waals surface area contributed by atoms with E-state index in [-0.39, 0.29) is 5.91 Å². The Kier molecular flexibility index (Phi) is 5.15. The number of ether oxygens (including phenoxy) is 2. The Labute approximate surface area is 118 Å². The van der Waals surface area contributed by atoms with Crippen molar-refractivity contribution in [1.82, 2.24) is 5.32 Å². The number of hydrogen-bond donors (Lipinski definition) is 2. The van der Waals surface area contributed by atoms with Gasteiger partial charge in [0, 0.05) is 26.6 Å². The monoisotopic (exact) mass is 276 g/mol. The molecule has 108 valence electrons. The topological polar surface area (TPSA) is 73.6 Å². The fourth-order valence-corrected chi connectivity index (χ4v) is 2.17. The van der Waals surface area contributed by atoms with E-state index in [4.69, 9.17) is 15.2 Å². The highest BCUT2D eigenvalue weighted by molar-refractivity contribution is 5.82. The number of rotatable bonds is 6. The quantitative estimate of drug-likeness (QED) is 0.758. The number of amides is 1. The fourth-order valence-electron chi connectivity index (χ4n) is 2.17. The highest BCUT2D eigenvalue weighted by Crippen LogP contribution is 2.29. The number of carbonyl (C=O) groups is 1. The van der Waals surface area contributed by atoms with Crippen molar-refractivity contribution in [2.75, 3.05) is 26.8 Å². The molecule has 2 rings (SSSR count). The third-order valence-corrected chi connectivity index (χ3v) is 3.19. The van der Waals surface area contributed by atoms with Gasteiger partial charge in [0.25, 0.3) is 5.91 Å². The van der Waals surface area contributed by atoms with Gasteiger partial charge in [-0.15, -0.1) is 0 Å². The molecule has 0 radical (unpaired) electrons. The van der Waals surface area contributed by atoms with Gasteiger partial charge in [0.05, 0.1) is 6.61 Å². The Hall–Kier alpha value is -1.85. The smallest absolute Gasteiger partial charge is 0.254 e. The van der Waals surface area contributed by atoms with E-state index in [0.717, 1.165) is 17.7 Å². The SMILES string of the molecule is COC(C(=O)NCC=CCN)c1ccc2c(c1)OCC2. The van der Waals surface area contributed by atoms with Crippen molar-refractivity contribution in [3.8, 4) is 5.75 Å². The highest BCUT2D eigenvalue weighted by Gasteiger charge is 2.22. The zero-order valence-electron chi connectivity index (χ0n) is 11.6. The van der Waals surface area contributed by atoms with Gasteiger partial charge in [-0.25, -0.2) is 0 Å². The molecule has 1 aliphatic heterocycles. The lowest BCUT2D eigenvalue weighted by atomic mass is 10.0. The minimum atomic E-state index is -0.629. The molecule has 0 saturated carbocycles. The minimum Gasteiger partial charge on any atom is -0.493 e. The van der Waals surface area contributed by atoms with E-state index < -0.39 is 6.10 Å². The summed E-state index contributed by atoms with van der Waals surface area (Å²) in [4.78, 5) is 12.1. The molecule has 5 heteroatoms. The van der Waals surface area contributed by atoms with Crippen LogP contribution in [0.3, 0.4) is 0 Å². The van der Waals surface area contributed by atoms with Gasteiger partial charge in [-0.1, -0.05) is 24.3 Å². The van der Waals surface area contributed by atoms with Gasteiger partial charge >= 0.3 is 0 Å². The molecular weight excluding hydrogens is 256 g/mol. The summed E-state index contributed by atoms with van der Waals surface area (Å²) in [6.45, 7) is 1.61. The zero-order chi connectivity index (χ0) is 14.4. The Bertz CT molecular complexity index is 500. The number of methoxy groups -OCH3 is 1. The number of hydrogen-bond acceptors (Lipinski definition) is 4. The first kappa shape index (κ1) is 14.6. The molecule has 1 aliphatic rings. The first-order chi connectivity index (χ1) is 9.76. The van der Waals surface area contributed by atoms with Crippen molar-refractivity contribution in [3.05, 3.63) is 41.5 Å². The average Bonchev–Trinajstić information content (AvgIpc) is 2.92. The van der Waals surface area contributed by atoms with E-state index in [1.807, 2.05) is 24.3 Å². The first-order valence-corrected chi connectivity index (χ1v) is 6.67. The van der Waals surface area contributed by atoms with E-state index in [1.54, 1.807) is 6.08 Å². The lowest BCUT2D eigenvalue weighted by Gasteiger charge is -2.15. The maximum absolute atomic E-state index is 12.1. The molecule has 1 aromatic rings. The van der Waals surface area contributed by atoms with E-state index in [0.29, 0.717) is 19.7 Å². The summed E-state index contributed by atoms with van der Waals surface area (Å²) in [5, 5.41) is 2.79. The van der Waals surface area contributed by atoms with Crippen LogP contribution in [-0.2, 0) is 16.0 Å². The van der Waals surface area contributed by atoms with Crippen LogP contribution < -0.4 is 15.8 Å². The van der Waals surface area contributed by atoms with Crippen molar-refractivity contribution < 1.29 is 14.3 Å². The molecule has 3 N–H and O–H groups in total. The number of fused-ring (bicyclic) bond motifs is 1. The molecule has 1 amide bonds. The summed E-state index contributed by atoms with van der Waals surface area (Å²) >= 11 is 0. The predicted octanol–water partition coefficient (Wildman–Crippen LogP) is 0.940. The van der Waals surface area contributed by atoms with Crippen molar-refractivity contribution >= 4 is 5.91 Å². The largest absolute Gasteiger partial charge is 0.493 e. The highest BCUT2D eigenvalue weighted by atomic mass is 16.5. The molecular formula is C15H20N2O3. The van der Waals surface area contributed by atoms with Gasteiger partial charge in [-0.3, -0.25) is 4.79 Å². The van der Waals surface area contributed by atoms with Crippen molar-refractivity contribution in [2.24, 2.45) is 5.73 Å². The summed E-state index contributed by atoms with van der Waals surface area (Å²) < 4.78 is 10.8. The van der Waals surface area contributed by atoms with Crippen LogP contribution in [-0.4, -0.2) is 32.7 Å². The molecule has 5 nitrogen and oxygen atoms in total. The number of nitrogens with one attached hydrogen (secondary N) is 1. The summed E-state index contributed by atoms with van der Waals surface area (Å²) in [5.74, 6) is 0.674. The van der Waals surface area contributed by atoms with Crippen LogP contribution in [0.2, 0.25) is 0 Å². The molecule has 1 aromatic carbocycles. The van der Waals surface area contributed by atoms with Crippen LogP contribution in [0.15, 0.2) is 30.4 Å². The lowest BCUT2D eigenvalue weighted by molar-refractivity contribution is -0.131. The molecule has 1 heterocycles. The van der Waals surface area contributed by atoms with Crippen LogP contribution in [0.1, 0.15) is 17.2 Å². The van der Waals surface area contributed by atoms with E-state index in [9.17, 15) is 4.79 Å². The number of benzene rings is 1. The Morgan fingerprint density at radius 2 is 2.40 bits per heavy atom. The summed E-state index contributed by atoms with van der Waals surface area (Å²) in [5.41, 5.74) is 7.31. The Morgan fingerprint density at radius 1 is 1.55 bits per heavy atom. The molecule has 0 aromatic heterocycles. The molecule has 0 spiro atoms. The molecule has 0 bridgehead atoms. The van der Waals surface area contributed by atoms with Crippen LogP contribution >= 0.6 is 0 Å². The van der Waals surface area contributed by atoms with E-state index in [1.165, 1.54) is 12.7 Å². The van der Waals surface area contributed by atoms with Crippen molar-refractivity contribution in [1.29, 1.82) is 0 Å². The van der Waals surface area contributed by atoms with Crippen LogP contribution in [0.4, 0.5) is 0 Å². The molecule has 0 aliphatic carbocycles. The molecule has 0 fully saturated rings. The second kappa shape index (κ2) is 7.07. The summed E-state index contributed by atoms with van der Waals surface area (Å²) in [7, 11) is 1.52. The molecule has 1 atom stereocenters. The van der Waals surface area contributed by atoms with Gasteiger partial charge in [0.2, 0.25) is 0 Å². The van der Waals surface area contributed by atoms with Gasteiger partial charge in [-0.05, 0) is 17.2 Å². The van der Waals surface area contributed by atoms with Gasteiger partial charge in [0.15, 0.2) is 6.10 Å². The van der Waals surface area contributed by atoms with Crippen LogP contribution in [0.5, 0.6) is 5.75 Å². The van der Waals surface area contributed by atoms with E-state index >= 15 is 0 Å². The number of nitrogens with two attached hydrogens (primary N) is 1. The Balaban J connectivity index is 2.03. The molecule has 0 saturated heterocycles. The molecule has 20 heavy (non-hydrogen) atoms. The Morgan fingerprint density at radius 3 is 3.15 bits per heavy atom. The summed E-state index contributed by atoms with van der Waals surface area (Å²) in [6, 6.07) is 5.79. The second-order valence-electron chi connectivity index (χ2n) is 4.53. The predicted molar refractivity (Wildman–Crippen MR) is 76.6 cm³/mol. The molecule has 1 unspecified atom stereocenters. The maximum atomic E-state index is 12.1. The van der Waals surface area contributed by atoms with Gasteiger partial charge in [0.1, 0.15) is 5.75 Å². The van der Waals surface area contributed by atoms with Crippen LogP contribution in [0, 0.1) is 0 Å². The van der Waals surface area contributed by atoms with E-state index in [2.05, 4.69) is 5.32 Å². The first-order valence-electron chi connectivity index (χ1n) is 6.67. The fraction of sp³-hybridized carbons (Fsp3) is 0.400. The maximum Gasteiger partial charge on any atom is 0.254 e. The van der Waals surface area contributed by atoms with Crippen molar-refractivity contribution in [3.63, 3.8) is 0 Å². The number of carbonyl (C=O) groups excluding carboxylic acids is 1. The van der Waals surface area contributed by atoms with Gasteiger partial charge in [-0.2, -0.15) is 0 Å². The standard InChI is InChI=1S/C15H20N2O3/c1-19-14(15(18)17-8-3-2-7-16)12-5-4-11-6-9-20-13(11)10-12/h2-5,10,14H,6-9,16H2,1H3,(H,17,18). The third-order valence-electron chi connectivity index (χ3n) is 3.19.